The van der Waals surface area contributed by atoms with E-state index in [1.807, 2.05) is 30.3 Å². The van der Waals surface area contributed by atoms with Gasteiger partial charge in [-0.1, -0.05) is 30.3 Å². The molecule has 0 fully saturated rings. The lowest BCUT2D eigenvalue weighted by atomic mass is 10.1. The first kappa shape index (κ1) is 23.2. The smallest absolute Gasteiger partial charge is 0.332 e. The molecule has 0 aliphatic rings. The van der Waals surface area contributed by atoms with Crippen molar-refractivity contribution in [3.8, 4) is 5.75 Å². The van der Waals surface area contributed by atoms with E-state index in [9.17, 15) is 19.5 Å². The number of aryl methyl sites for hydroxylation is 2. The van der Waals surface area contributed by atoms with Crippen LogP contribution in [0.2, 0.25) is 0 Å². The Morgan fingerprint density at radius 3 is 2.41 bits per heavy atom. The van der Waals surface area contributed by atoms with Gasteiger partial charge in [-0.2, -0.15) is 0 Å². The number of aromatic nitrogens is 4. The average molecular weight is 462 g/mol. The van der Waals surface area contributed by atoms with Crippen molar-refractivity contribution >= 4 is 16.9 Å². The number of hydrogen-bond donors (Lipinski definition) is 1. The fourth-order valence-electron chi connectivity index (χ4n) is 4.03. The molecule has 4 rings (SSSR count). The van der Waals surface area contributed by atoms with Crippen molar-refractivity contribution in [2.45, 2.75) is 19.5 Å². The molecule has 2 aromatic heterocycles. The van der Waals surface area contributed by atoms with Gasteiger partial charge in [-0.05, 0) is 36.2 Å². The molecule has 0 bridgehead atoms. The van der Waals surface area contributed by atoms with Crippen LogP contribution in [0.4, 0.5) is 0 Å². The van der Waals surface area contributed by atoms with E-state index in [0.29, 0.717) is 42.8 Å². The standard InChI is InChI=1S/C25H27N5O4/c1-27-23-22(24(33)28(2)25(27)34)30(17-26-23)14-6-13-29(15-18-7-4-3-5-8-18)16-21(32)19-9-11-20(31)12-10-19/h3-5,7-12,17,31H,6,13-16H2,1-2H3. The molecule has 0 saturated carbocycles. The van der Waals surface area contributed by atoms with Crippen LogP contribution in [-0.4, -0.2) is 47.6 Å². The van der Waals surface area contributed by atoms with E-state index < -0.39 is 5.69 Å². The number of nitrogens with zero attached hydrogens (tertiary/aromatic N) is 5. The Kier molecular flexibility index (Phi) is 6.74. The fourth-order valence-corrected chi connectivity index (χ4v) is 4.03. The molecular formula is C25H27N5O4. The molecule has 0 atom stereocenters. The molecule has 2 aromatic carbocycles. The third-order valence-corrected chi connectivity index (χ3v) is 5.90. The third kappa shape index (κ3) is 4.84. The Morgan fingerprint density at radius 2 is 1.71 bits per heavy atom. The predicted octanol–water partition coefficient (Wildman–Crippen LogP) is 1.91. The molecule has 34 heavy (non-hydrogen) atoms. The lowest BCUT2D eigenvalue weighted by Crippen LogP contribution is -2.37. The highest BCUT2D eigenvalue weighted by Crippen LogP contribution is 2.13. The van der Waals surface area contributed by atoms with Gasteiger partial charge in [-0.15, -0.1) is 0 Å². The van der Waals surface area contributed by atoms with Crippen LogP contribution in [0.1, 0.15) is 22.3 Å². The number of phenols is 1. The summed E-state index contributed by atoms with van der Waals surface area (Å²) in [6.45, 7) is 1.96. The zero-order valence-corrected chi connectivity index (χ0v) is 19.2. The lowest BCUT2D eigenvalue weighted by Gasteiger charge is -2.22. The van der Waals surface area contributed by atoms with Crippen LogP contribution in [0.25, 0.3) is 11.2 Å². The number of aromatic hydroxyl groups is 1. The van der Waals surface area contributed by atoms with Gasteiger partial charge in [0, 0.05) is 39.3 Å². The summed E-state index contributed by atoms with van der Waals surface area (Å²) in [6, 6.07) is 16.2. The van der Waals surface area contributed by atoms with Crippen LogP contribution in [0.15, 0.2) is 70.5 Å². The summed E-state index contributed by atoms with van der Waals surface area (Å²) in [5.74, 6) is 0.0850. The third-order valence-electron chi connectivity index (χ3n) is 5.90. The summed E-state index contributed by atoms with van der Waals surface area (Å²) in [5.41, 5.74) is 1.60. The first-order valence-corrected chi connectivity index (χ1v) is 11.0. The van der Waals surface area contributed by atoms with Crippen LogP contribution >= 0.6 is 0 Å². The minimum atomic E-state index is -0.412. The highest BCUT2D eigenvalue weighted by Gasteiger charge is 2.16. The number of carbonyl (C=O) groups excluding carboxylic acids is 1. The summed E-state index contributed by atoms with van der Waals surface area (Å²) < 4.78 is 4.21. The van der Waals surface area contributed by atoms with Crippen LogP contribution in [-0.2, 0) is 27.2 Å². The summed E-state index contributed by atoms with van der Waals surface area (Å²) in [7, 11) is 3.05. The average Bonchev–Trinajstić information content (AvgIpc) is 3.26. The number of fused-ring (bicyclic) bond motifs is 1. The molecular weight excluding hydrogens is 434 g/mol. The van der Waals surface area contributed by atoms with Gasteiger partial charge in [0.1, 0.15) is 5.75 Å². The molecule has 4 aromatic rings. The second-order valence-electron chi connectivity index (χ2n) is 8.34. The van der Waals surface area contributed by atoms with E-state index in [0.717, 1.165) is 10.1 Å². The topological polar surface area (TPSA) is 102 Å². The van der Waals surface area contributed by atoms with Crippen LogP contribution < -0.4 is 11.2 Å². The predicted molar refractivity (Wildman–Crippen MR) is 129 cm³/mol. The fraction of sp³-hybridized carbons (Fsp3) is 0.280. The number of rotatable bonds is 9. The molecule has 0 aliphatic carbocycles. The van der Waals surface area contributed by atoms with Crippen LogP contribution in [0.3, 0.4) is 0 Å². The first-order chi connectivity index (χ1) is 16.3. The quantitative estimate of drug-likeness (QED) is 0.382. The van der Waals surface area contributed by atoms with Gasteiger partial charge in [0.2, 0.25) is 0 Å². The SMILES string of the molecule is Cn1c(=O)c2c(ncn2CCCN(CC(=O)c2ccc(O)cc2)Cc2ccccc2)n(C)c1=O. The number of imidazole rings is 1. The van der Waals surface area contributed by atoms with Crippen LogP contribution in [0, 0.1) is 0 Å². The van der Waals surface area contributed by atoms with Crippen molar-refractivity contribution < 1.29 is 9.90 Å². The van der Waals surface area contributed by atoms with Crippen molar-refractivity contribution in [2.24, 2.45) is 14.1 Å². The minimum Gasteiger partial charge on any atom is -0.508 e. The number of benzene rings is 2. The molecule has 9 nitrogen and oxygen atoms in total. The van der Waals surface area contributed by atoms with Crippen molar-refractivity contribution in [3.63, 3.8) is 0 Å². The Balaban J connectivity index is 1.50. The summed E-state index contributed by atoms with van der Waals surface area (Å²) in [5, 5.41) is 9.49. The molecule has 0 aliphatic heterocycles. The second kappa shape index (κ2) is 9.88. The van der Waals surface area contributed by atoms with E-state index in [1.165, 1.54) is 23.7 Å². The maximum atomic E-state index is 12.9. The van der Waals surface area contributed by atoms with E-state index in [1.54, 1.807) is 30.1 Å². The number of hydrogen-bond acceptors (Lipinski definition) is 6. The molecule has 2 heterocycles. The summed E-state index contributed by atoms with van der Waals surface area (Å²) in [6.07, 6.45) is 2.25. The van der Waals surface area contributed by atoms with Crippen molar-refractivity contribution in [1.29, 1.82) is 0 Å². The highest BCUT2D eigenvalue weighted by molar-refractivity contribution is 5.97. The van der Waals surface area contributed by atoms with Gasteiger partial charge >= 0.3 is 5.69 Å². The van der Waals surface area contributed by atoms with E-state index in [2.05, 4.69) is 9.88 Å². The molecule has 1 N–H and O–H groups in total. The van der Waals surface area contributed by atoms with Crippen LogP contribution in [0.5, 0.6) is 5.75 Å². The van der Waals surface area contributed by atoms with Crippen molar-refractivity contribution in [2.75, 3.05) is 13.1 Å². The first-order valence-electron chi connectivity index (χ1n) is 11.0. The molecule has 176 valence electrons. The zero-order chi connectivity index (χ0) is 24.2. The van der Waals surface area contributed by atoms with Gasteiger partial charge in [-0.25, -0.2) is 9.78 Å². The Morgan fingerprint density at radius 1 is 1.00 bits per heavy atom. The van der Waals surface area contributed by atoms with E-state index >= 15 is 0 Å². The molecule has 0 spiro atoms. The highest BCUT2D eigenvalue weighted by atomic mass is 16.3. The second-order valence-corrected chi connectivity index (χ2v) is 8.34. The van der Waals surface area contributed by atoms with Gasteiger partial charge in [0.05, 0.1) is 12.9 Å². The molecule has 9 heteroatoms. The molecule has 0 unspecified atom stereocenters. The van der Waals surface area contributed by atoms with Crippen molar-refractivity contribution in [1.82, 2.24) is 23.6 Å². The Bertz CT molecular complexity index is 1420. The summed E-state index contributed by atoms with van der Waals surface area (Å²) in [4.78, 5) is 44.0. The maximum absolute atomic E-state index is 12.9. The lowest BCUT2D eigenvalue weighted by molar-refractivity contribution is 0.0923. The van der Waals surface area contributed by atoms with Gasteiger partial charge in [0.25, 0.3) is 5.56 Å². The number of phenolic OH excluding ortho intramolecular Hbond substituents is 1. The van der Waals surface area contributed by atoms with Gasteiger partial charge in [-0.3, -0.25) is 23.6 Å². The van der Waals surface area contributed by atoms with E-state index in [4.69, 9.17) is 0 Å². The number of ketones is 1. The number of carbonyl (C=O) groups is 1. The molecule has 0 radical (unpaired) electrons. The van der Waals surface area contributed by atoms with E-state index in [-0.39, 0.29) is 23.6 Å². The van der Waals surface area contributed by atoms with Crippen molar-refractivity contribution in [3.05, 3.63) is 92.9 Å². The summed E-state index contributed by atoms with van der Waals surface area (Å²) >= 11 is 0. The molecule has 0 saturated heterocycles. The minimum absolute atomic E-state index is 0.0344. The number of Topliss-reactive ketones (excluding diaryl/α,β-unsaturated/α-hetero) is 1. The molecule has 0 amide bonds. The maximum Gasteiger partial charge on any atom is 0.332 e. The van der Waals surface area contributed by atoms with Gasteiger partial charge < -0.3 is 9.67 Å². The largest absolute Gasteiger partial charge is 0.508 e. The van der Waals surface area contributed by atoms with Gasteiger partial charge in [0.15, 0.2) is 16.9 Å². The Hall–Kier alpha value is -3.98. The zero-order valence-electron chi connectivity index (χ0n) is 19.2. The monoisotopic (exact) mass is 461 g/mol. The normalized spacial score (nSPS) is 11.4. The Labute approximate surface area is 196 Å².